The number of esters is 1. The van der Waals surface area contributed by atoms with E-state index in [0.29, 0.717) is 35.6 Å². The number of halogens is 1. The Hall–Kier alpha value is -1.76. The topological polar surface area (TPSA) is 59.5 Å². The fourth-order valence-corrected chi connectivity index (χ4v) is 3.24. The molecule has 1 aliphatic heterocycles. The molecule has 0 aromatic carbocycles. The minimum atomic E-state index is -0.765. The molecule has 20 heavy (non-hydrogen) atoms. The Kier molecular flexibility index (Phi) is 3.89. The lowest BCUT2D eigenvalue weighted by Gasteiger charge is -2.22. The first-order chi connectivity index (χ1) is 9.37. The minimum absolute atomic E-state index is 0.0157. The van der Waals surface area contributed by atoms with E-state index >= 15 is 0 Å². The standard InChI is InChI=1S/C13H17FN2O3Si/c1-8(17)9-3-4-10(15-11(9)14)16-6-5-13(20,7-16)12(18)19-2/h3-4H,5-7H2,1-2,20H3/t13-/m1/s1. The van der Waals surface area contributed by atoms with Gasteiger partial charge in [0.05, 0.1) is 17.7 Å². The maximum atomic E-state index is 13.7. The second-order valence-corrected chi connectivity index (χ2v) is 7.20. The molecule has 108 valence electrons. The van der Waals surface area contributed by atoms with Crippen molar-refractivity contribution < 1.29 is 18.7 Å². The number of pyridine rings is 1. The summed E-state index contributed by atoms with van der Waals surface area (Å²) in [4.78, 5) is 28.6. The van der Waals surface area contributed by atoms with Gasteiger partial charge in [-0.15, -0.1) is 0 Å². The van der Waals surface area contributed by atoms with Gasteiger partial charge in [0.15, 0.2) is 5.78 Å². The first-order valence-electron chi connectivity index (χ1n) is 6.38. The number of methoxy groups -OCH3 is 1. The molecule has 0 amide bonds. The highest BCUT2D eigenvalue weighted by atomic mass is 28.1. The van der Waals surface area contributed by atoms with Gasteiger partial charge in [-0.1, -0.05) is 0 Å². The molecule has 0 radical (unpaired) electrons. The van der Waals surface area contributed by atoms with E-state index in [0.717, 1.165) is 0 Å². The Morgan fingerprint density at radius 1 is 1.50 bits per heavy atom. The van der Waals surface area contributed by atoms with Crippen molar-refractivity contribution in [1.29, 1.82) is 0 Å². The fourth-order valence-electron chi connectivity index (χ4n) is 2.43. The van der Waals surface area contributed by atoms with E-state index in [4.69, 9.17) is 4.74 Å². The molecule has 1 aliphatic rings. The predicted octanol–water partition coefficient (Wildman–Crippen LogP) is 0.331. The average molecular weight is 296 g/mol. The lowest BCUT2D eigenvalue weighted by atomic mass is 10.1. The molecule has 1 fully saturated rings. The highest BCUT2D eigenvalue weighted by Crippen LogP contribution is 2.37. The van der Waals surface area contributed by atoms with Crippen LogP contribution in [-0.2, 0) is 9.53 Å². The smallest absolute Gasteiger partial charge is 0.309 e. The number of rotatable bonds is 3. The van der Waals surface area contributed by atoms with Crippen molar-refractivity contribution in [1.82, 2.24) is 4.98 Å². The molecule has 0 spiro atoms. The van der Waals surface area contributed by atoms with Crippen molar-refractivity contribution in [2.75, 3.05) is 25.1 Å². The normalized spacial score (nSPS) is 22.1. The average Bonchev–Trinajstić information content (AvgIpc) is 2.81. The van der Waals surface area contributed by atoms with Crippen LogP contribution in [0.15, 0.2) is 12.1 Å². The van der Waals surface area contributed by atoms with Gasteiger partial charge >= 0.3 is 5.97 Å². The second kappa shape index (κ2) is 5.32. The number of ketones is 1. The highest BCUT2D eigenvalue weighted by Gasteiger charge is 2.41. The number of Topliss-reactive ketones (excluding diaryl/α,β-unsaturated/α-hetero) is 1. The van der Waals surface area contributed by atoms with Crippen LogP contribution in [0.5, 0.6) is 0 Å². The second-order valence-electron chi connectivity index (χ2n) is 5.29. The summed E-state index contributed by atoms with van der Waals surface area (Å²) < 4.78 is 18.6. The van der Waals surface area contributed by atoms with Gasteiger partial charge in [0, 0.05) is 23.3 Å². The third-order valence-corrected chi connectivity index (χ3v) is 4.91. The molecule has 1 aromatic rings. The fraction of sp³-hybridized carbons (Fsp3) is 0.462. The molecule has 1 aromatic heterocycles. The third-order valence-electron chi connectivity index (χ3n) is 3.69. The van der Waals surface area contributed by atoms with Crippen molar-refractivity contribution in [3.8, 4) is 0 Å². The predicted molar refractivity (Wildman–Crippen MR) is 75.7 cm³/mol. The Balaban J connectivity index is 2.21. The molecule has 1 saturated heterocycles. The van der Waals surface area contributed by atoms with E-state index in [1.807, 2.05) is 4.90 Å². The summed E-state index contributed by atoms with van der Waals surface area (Å²) in [6, 6.07) is 3.05. The number of ether oxygens (including phenoxy) is 1. The maximum Gasteiger partial charge on any atom is 0.309 e. The maximum absolute atomic E-state index is 13.7. The zero-order valence-electron chi connectivity index (χ0n) is 11.8. The van der Waals surface area contributed by atoms with Crippen LogP contribution < -0.4 is 4.90 Å². The summed E-state index contributed by atoms with van der Waals surface area (Å²) in [5, 5.41) is -0.466. The van der Waals surface area contributed by atoms with Crippen LogP contribution >= 0.6 is 0 Å². The van der Waals surface area contributed by atoms with E-state index < -0.39 is 11.0 Å². The molecule has 2 heterocycles. The summed E-state index contributed by atoms with van der Waals surface area (Å²) >= 11 is 0. The molecule has 0 N–H and O–H groups in total. The Bertz CT molecular complexity index is 567. The molecular weight excluding hydrogens is 279 g/mol. The van der Waals surface area contributed by atoms with E-state index in [1.54, 1.807) is 6.07 Å². The van der Waals surface area contributed by atoms with E-state index in [-0.39, 0.29) is 17.3 Å². The van der Waals surface area contributed by atoms with Crippen LogP contribution in [-0.4, -0.2) is 47.2 Å². The lowest BCUT2D eigenvalue weighted by molar-refractivity contribution is -0.143. The van der Waals surface area contributed by atoms with Crippen LogP contribution in [0, 0.1) is 5.95 Å². The number of carbonyl (C=O) groups excluding carboxylic acids is 2. The molecule has 0 bridgehead atoms. The third kappa shape index (κ3) is 2.58. The number of aromatic nitrogens is 1. The zero-order valence-corrected chi connectivity index (χ0v) is 13.8. The number of hydrogen-bond acceptors (Lipinski definition) is 5. The Morgan fingerprint density at radius 3 is 2.75 bits per heavy atom. The number of carbonyl (C=O) groups is 2. The van der Waals surface area contributed by atoms with Crippen LogP contribution in [0.3, 0.4) is 0 Å². The van der Waals surface area contributed by atoms with Gasteiger partial charge in [-0.25, -0.2) is 4.98 Å². The van der Waals surface area contributed by atoms with Crippen LogP contribution in [0.2, 0.25) is 5.04 Å². The number of hydrogen-bond donors (Lipinski definition) is 0. The quantitative estimate of drug-likeness (QED) is 0.348. The molecule has 1 atom stereocenters. The summed E-state index contributed by atoms with van der Waals surface area (Å²) in [5.74, 6) is -0.879. The van der Waals surface area contributed by atoms with Gasteiger partial charge in [0.1, 0.15) is 5.82 Å². The first kappa shape index (κ1) is 14.6. The number of nitrogens with zero attached hydrogens (tertiary/aromatic N) is 2. The Labute approximate surface area is 119 Å². The van der Waals surface area contributed by atoms with Gasteiger partial charge in [0.2, 0.25) is 5.95 Å². The van der Waals surface area contributed by atoms with Gasteiger partial charge in [0.25, 0.3) is 0 Å². The zero-order chi connectivity index (χ0) is 14.9. The van der Waals surface area contributed by atoms with E-state index in [2.05, 4.69) is 4.98 Å². The van der Waals surface area contributed by atoms with Crippen molar-refractivity contribution >= 4 is 27.8 Å². The van der Waals surface area contributed by atoms with Crippen molar-refractivity contribution in [3.63, 3.8) is 0 Å². The Morgan fingerprint density at radius 2 is 2.20 bits per heavy atom. The molecule has 0 saturated carbocycles. The summed E-state index contributed by atoms with van der Waals surface area (Å²) in [7, 11) is 2.05. The van der Waals surface area contributed by atoms with E-state index in [1.165, 1.54) is 20.1 Å². The van der Waals surface area contributed by atoms with Gasteiger partial charge in [-0.2, -0.15) is 4.39 Å². The van der Waals surface area contributed by atoms with E-state index in [9.17, 15) is 14.0 Å². The minimum Gasteiger partial charge on any atom is -0.469 e. The summed E-state index contributed by atoms with van der Waals surface area (Å²) in [6.07, 6.45) is 0.684. The molecule has 0 unspecified atom stereocenters. The first-order valence-corrected chi connectivity index (χ1v) is 7.38. The number of anilines is 1. The molecule has 2 rings (SSSR count). The van der Waals surface area contributed by atoms with Crippen LogP contribution in [0.1, 0.15) is 23.7 Å². The molecular formula is C13H17FN2O3Si. The monoisotopic (exact) mass is 296 g/mol. The summed E-state index contributed by atoms with van der Waals surface area (Å²) in [6.45, 7) is 2.41. The largest absolute Gasteiger partial charge is 0.469 e. The SMILES string of the molecule is COC(=O)[C@@]1([SiH3])CCN(c2ccc(C(C)=O)c(F)n2)C1. The highest BCUT2D eigenvalue weighted by molar-refractivity contribution is 6.27. The lowest BCUT2D eigenvalue weighted by Crippen LogP contribution is -2.30. The molecule has 0 aliphatic carbocycles. The van der Waals surface area contributed by atoms with Crippen molar-refractivity contribution in [2.45, 2.75) is 18.4 Å². The van der Waals surface area contributed by atoms with Crippen molar-refractivity contribution in [3.05, 3.63) is 23.6 Å². The van der Waals surface area contributed by atoms with Crippen molar-refractivity contribution in [2.24, 2.45) is 0 Å². The summed E-state index contributed by atoms with van der Waals surface area (Å²) in [5.41, 5.74) is -0.0157. The van der Waals surface area contributed by atoms with Crippen LogP contribution in [0.25, 0.3) is 0 Å². The molecule has 5 nitrogen and oxygen atoms in total. The van der Waals surface area contributed by atoms with Gasteiger partial charge in [-0.3, -0.25) is 9.59 Å². The van der Waals surface area contributed by atoms with Crippen LogP contribution in [0.4, 0.5) is 10.2 Å². The van der Waals surface area contributed by atoms with Gasteiger partial charge in [-0.05, 0) is 25.5 Å². The van der Waals surface area contributed by atoms with Gasteiger partial charge < -0.3 is 9.64 Å². The molecule has 7 heteroatoms.